The summed E-state index contributed by atoms with van der Waals surface area (Å²) in [5.74, 6) is -1.22. The Labute approximate surface area is 156 Å². The quantitative estimate of drug-likeness (QED) is 0.442. The second-order valence-electron chi connectivity index (χ2n) is 5.90. The van der Waals surface area contributed by atoms with E-state index in [1.807, 2.05) is 30.3 Å². The zero-order valence-electron chi connectivity index (χ0n) is 14.5. The molecule has 2 rings (SSSR count). The van der Waals surface area contributed by atoms with Crippen molar-refractivity contribution < 1.29 is 29.6 Å². The molecular formula is C19H22N2O6. The number of anilines is 1. The van der Waals surface area contributed by atoms with E-state index in [9.17, 15) is 19.8 Å². The van der Waals surface area contributed by atoms with Crippen molar-refractivity contribution in [3.05, 3.63) is 65.2 Å². The van der Waals surface area contributed by atoms with Crippen molar-refractivity contribution in [1.29, 1.82) is 0 Å². The lowest BCUT2D eigenvalue weighted by molar-refractivity contribution is 0.0140. The summed E-state index contributed by atoms with van der Waals surface area (Å²) >= 11 is 0. The number of carbonyl (C=O) groups excluding carboxylic acids is 1. The average Bonchev–Trinajstić information content (AvgIpc) is 2.66. The van der Waals surface area contributed by atoms with E-state index in [4.69, 9.17) is 15.6 Å². The van der Waals surface area contributed by atoms with Gasteiger partial charge in [0.05, 0.1) is 17.4 Å². The Kier molecular flexibility index (Phi) is 7.16. The van der Waals surface area contributed by atoms with Gasteiger partial charge in [0.15, 0.2) is 0 Å². The largest absolute Gasteiger partial charge is 0.478 e. The highest BCUT2D eigenvalue weighted by Crippen LogP contribution is 2.27. The van der Waals surface area contributed by atoms with Gasteiger partial charge in [-0.1, -0.05) is 42.5 Å². The van der Waals surface area contributed by atoms with Gasteiger partial charge in [-0.3, -0.25) is 0 Å². The molecule has 8 heteroatoms. The van der Waals surface area contributed by atoms with Gasteiger partial charge in [0, 0.05) is 12.1 Å². The number of hydrogen-bond acceptors (Lipinski definition) is 6. The van der Waals surface area contributed by atoms with Crippen LogP contribution < -0.4 is 11.1 Å². The minimum Gasteiger partial charge on any atom is -0.478 e. The number of nitrogen functional groups attached to an aromatic ring is 1. The standard InChI is InChI=1S/C19H22N2O6/c20-16-13(7-4-8-14(16)18(24)25)17(23)15(22)9-10-21-19(26)27-11-12-5-2-1-3-6-12/h1-8,15,17,22-23H,9-11,20H2,(H,21,26)(H,24,25). The number of ether oxygens (including phenoxy) is 1. The van der Waals surface area contributed by atoms with E-state index in [-0.39, 0.29) is 36.4 Å². The molecule has 0 aromatic heterocycles. The zero-order chi connectivity index (χ0) is 19.8. The van der Waals surface area contributed by atoms with Crippen molar-refractivity contribution in [3.8, 4) is 0 Å². The first-order chi connectivity index (χ1) is 12.9. The summed E-state index contributed by atoms with van der Waals surface area (Å²) < 4.78 is 5.04. The maximum atomic E-state index is 11.6. The predicted molar refractivity (Wildman–Crippen MR) is 98.0 cm³/mol. The van der Waals surface area contributed by atoms with E-state index in [2.05, 4.69) is 5.32 Å². The smallest absolute Gasteiger partial charge is 0.407 e. The lowest BCUT2D eigenvalue weighted by Gasteiger charge is -2.20. The number of carboxylic acid groups (broad SMARTS) is 1. The van der Waals surface area contributed by atoms with Crippen LogP contribution in [0.1, 0.15) is 34.0 Å². The van der Waals surface area contributed by atoms with Crippen molar-refractivity contribution in [2.24, 2.45) is 0 Å². The maximum absolute atomic E-state index is 11.6. The number of aliphatic hydroxyl groups is 2. The summed E-state index contributed by atoms with van der Waals surface area (Å²) in [6.45, 7) is 0.181. The normalized spacial score (nSPS) is 12.8. The number of aromatic carboxylic acids is 1. The fourth-order valence-corrected chi connectivity index (χ4v) is 2.49. The fourth-order valence-electron chi connectivity index (χ4n) is 2.49. The summed E-state index contributed by atoms with van der Waals surface area (Å²) in [7, 11) is 0. The molecule has 2 aromatic rings. The summed E-state index contributed by atoms with van der Waals surface area (Å²) in [6.07, 6.45) is -3.25. The average molecular weight is 374 g/mol. The van der Waals surface area contributed by atoms with Gasteiger partial charge in [-0.15, -0.1) is 0 Å². The lowest BCUT2D eigenvalue weighted by Crippen LogP contribution is -2.30. The number of carbonyl (C=O) groups is 2. The highest BCUT2D eigenvalue weighted by atomic mass is 16.5. The monoisotopic (exact) mass is 374 g/mol. The van der Waals surface area contributed by atoms with Crippen LogP contribution in [0.5, 0.6) is 0 Å². The topological polar surface area (TPSA) is 142 Å². The van der Waals surface area contributed by atoms with E-state index in [0.717, 1.165) is 5.56 Å². The Morgan fingerprint density at radius 3 is 2.44 bits per heavy atom. The molecule has 2 atom stereocenters. The van der Waals surface area contributed by atoms with Crippen LogP contribution in [0.4, 0.5) is 10.5 Å². The molecule has 144 valence electrons. The molecule has 0 radical (unpaired) electrons. The first kappa shape index (κ1) is 20.2. The van der Waals surface area contributed by atoms with Crippen LogP contribution in [0.25, 0.3) is 0 Å². The Hall–Kier alpha value is -3.10. The van der Waals surface area contributed by atoms with Crippen molar-refractivity contribution in [2.45, 2.75) is 25.2 Å². The molecule has 0 fully saturated rings. The second-order valence-corrected chi connectivity index (χ2v) is 5.90. The number of alkyl carbamates (subject to hydrolysis) is 1. The maximum Gasteiger partial charge on any atom is 0.407 e. The summed E-state index contributed by atoms with van der Waals surface area (Å²) in [5, 5.41) is 31.9. The van der Waals surface area contributed by atoms with Crippen LogP contribution in [-0.4, -0.2) is 40.0 Å². The van der Waals surface area contributed by atoms with E-state index < -0.39 is 24.3 Å². The molecule has 6 N–H and O–H groups in total. The van der Waals surface area contributed by atoms with E-state index in [0.29, 0.717) is 0 Å². The third kappa shape index (κ3) is 5.70. The van der Waals surface area contributed by atoms with Crippen LogP contribution in [-0.2, 0) is 11.3 Å². The van der Waals surface area contributed by atoms with Gasteiger partial charge < -0.3 is 31.1 Å². The molecule has 8 nitrogen and oxygen atoms in total. The highest BCUT2D eigenvalue weighted by molar-refractivity contribution is 5.94. The van der Waals surface area contributed by atoms with Crippen LogP contribution in [0, 0.1) is 0 Å². The van der Waals surface area contributed by atoms with Crippen LogP contribution >= 0.6 is 0 Å². The van der Waals surface area contributed by atoms with Crippen molar-refractivity contribution in [2.75, 3.05) is 12.3 Å². The number of benzene rings is 2. The number of aliphatic hydroxyl groups excluding tert-OH is 2. The molecule has 27 heavy (non-hydrogen) atoms. The van der Waals surface area contributed by atoms with Gasteiger partial charge in [-0.2, -0.15) is 0 Å². The molecule has 0 aliphatic rings. The Bertz CT molecular complexity index is 781. The molecular weight excluding hydrogens is 352 g/mol. The molecule has 0 aliphatic heterocycles. The number of carboxylic acids is 1. The fraction of sp³-hybridized carbons (Fsp3) is 0.263. The minimum atomic E-state index is -1.38. The van der Waals surface area contributed by atoms with E-state index in [1.54, 1.807) is 0 Å². The molecule has 1 amide bonds. The van der Waals surface area contributed by atoms with Crippen molar-refractivity contribution in [1.82, 2.24) is 5.32 Å². The molecule has 2 unspecified atom stereocenters. The van der Waals surface area contributed by atoms with Crippen LogP contribution in [0.3, 0.4) is 0 Å². The number of para-hydroxylation sites is 1. The summed E-state index contributed by atoms with van der Waals surface area (Å²) in [6, 6.07) is 13.4. The molecule has 0 bridgehead atoms. The SMILES string of the molecule is Nc1c(C(=O)O)cccc1C(O)C(O)CCNC(=O)OCc1ccccc1. The molecule has 0 heterocycles. The first-order valence-electron chi connectivity index (χ1n) is 8.32. The number of rotatable bonds is 8. The minimum absolute atomic E-state index is 0.0261. The van der Waals surface area contributed by atoms with Crippen LogP contribution in [0.2, 0.25) is 0 Å². The molecule has 0 spiro atoms. The Morgan fingerprint density at radius 1 is 1.07 bits per heavy atom. The number of nitrogens with two attached hydrogens (primary N) is 1. The predicted octanol–water partition coefficient (Wildman–Crippen LogP) is 1.68. The van der Waals surface area contributed by atoms with Gasteiger partial charge in [0.2, 0.25) is 0 Å². The zero-order valence-corrected chi connectivity index (χ0v) is 14.5. The highest BCUT2D eigenvalue weighted by Gasteiger charge is 2.23. The first-order valence-corrected chi connectivity index (χ1v) is 8.32. The Balaban J connectivity index is 1.81. The van der Waals surface area contributed by atoms with Gasteiger partial charge in [-0.05, 0) is 18.1 Å². The second kappa shape index (κ2) is 9.56. The third-order valence-electron chi connectivity index (χ3n) is 3.98. The molecule has 0 aliphatic carbocycles. The number of hydrogen-bond donors (Lipinski definition) is 5. The molecule has 2 aromatic carbocycles. The molecule has 0 saturated carbocycles. The van der Waals surface area contributed by atoms with Crippen molar-refractivity contribution >= 4 is 17.7 Å². The Morgan fingerprint density at radius 2 is 1.78 bits per heavy atom. The van der Waals surface area contributed by atoms with Crippen LogP contribution in [0.15, 0.2) is 48.5 Å². The van der Waals surface area contributed by atoms with Crippen molar-refractivity contribution in [3.63, 3.8) is 0 Å². The van der Waals surface area contributed by atoms with Gasteiger partial charge in [-0.25, -0.2) is 9.59 Å². The summed E-state index contributed by atoms with van der Waals surface area (Å²) in [4.78, 5) is 22.7. The van der Waals surface area contributed by atoms with Gasteiger partial charge in [0.25, 0.3) is 0 Å². The van der Waals surface area contributed by atoms with Gasteiger partial charge in [0.1, 0.15) is 12.7 Å². The lowest BCUT2D eigenvalue weighted by atomic mass is 9.98. The van der Waals surface area contributed by atoms with E-state index >= 15 is 0 Å². The van der Waals surface area contributed by atoms with E-state index in [1.165, 1.54) is 18.2 Å². The summed E-state index contributed by atoms with van der Waals surface area (Å²) in [5.41, 5.74) is 6.46. The number of amides is 1. The van der Waals surface area contributed by atoms with Gasteiger partial charge >= 0.3 is 12.1 Å². The number of nitrogens with one attached hydrogen (secondary N) is 1. The molecule has 0 saturated heterocycles. The third-order valence-corrected chi connectivity index (χ3v) is 3.98.